The minimum Gasteiger partial charge on any atom is -0.358 e. The molecule has 0 atom stereocenters. The molecule has 3 aromatic rings. The molecule has 0 saturated carbocycles. The molecule has 2 N–H and O–H groups in total. The predicted molar refractivity (Wildman–Crippen MR) is 112 cm³/mol. The Morgan fingerprint density at radius 1 is 1.22 bits per heavy atom. The lowest BCUT2D eigenvalue weighted by Gasteiger charge is -2.06. The van der Waals surface area contributed by atoms with Gasteiger partial charge in [-0.05, 0) is 30.7 Å². The number of aromatic amines is 1. The number of thiophene rings is 1. The topological polar surface area (TPSA) is 62.0 Å². The fourth-order valence-corrected chi connectivity index (χ4v) is 4.15. The minimum atomic E-state index is -0.148. The summed E-state index contributed by atoms with van der Waals surface area (Å²) in [5, 5.41) is 3.80. The number of aromatic nitrogens is 1. The van der Waals surface area contributed by atoms with Crippen LogP contribution in [0.4, 0.5) is 0 Å². The van der Waals surface area contributed by atoms with Crippen molar-refractivity contribution < 1.29 is 9.59 Å². The zero-order valence-electron chi connectivity index (χ0n) is 15.7. The van der Waals surface area contributed by atoms with Crippen molar-refractivity contribution in [3.63, 3.8) is 0 Å². The first-order chi connectivity index (χ1) is 12.9. The second-order valence-corrected chi connectivity index (χ2v) is 8.70. The summed E-state index contributed by atoms with van der Waals surface area (Å²) >= 11 is 7.37. The summed E-state index contributed by atoms with van der Waals surface area (Å²) in [7, 11) is 0. The van der Waals surface area contributed by atoms with E-state index in [1.54, 1.807) is 6.07 Å². The van der Waals surface area contributed by atoms with Gasteiger partial charge in [-0.1, -0.05) is 44.9 Å². The number of fused-ring (bicyclic) bond motifs is 1. The summed E-state index contributed by atoms with van der Waals surface area (Å²) in [6, 6.07) is 9.20. The fourth-order valence-electron chi connectivity index (χ4n) is 3.12. The van der Waals surface area contributed by atoms with Crippen LogP contribution < -0.4 is 5.32 Å². The van der Waals surface area contributed by atoms with Gasteiger partial charge in [0.2, 0.25) is 0 Å². The number of H-pyrrole nitrogens is 1. The highest BCUT2D eigenvalue weighted by Gasteiger charge is 2.21. The maximum Gasteiger partial charge on any atom is 0.251 e. The van der Waals surface area contributed by atoms with Crippen LogP contribution in [0.2, 0.25) is 4.34 Å². The molecule has 0 unspecified atom stereocenters. The Morgan fingerprint density at radius 2 is 2.00 bits per heavy atom. The molecule has 142 valence electrons. The summed E-state index contributed by atoms with van der Waals surface area (Å²) in [5.74, 6) is -0.0820. The van der Waals surface area contributed by atoms with Crippen LogP contribution in [0.1, 0.15) is 58.5 Å². The lowest BCUT2D eigenvalue weighted by atomic mass is 9.96. The molecule has 0 saturated heterocycles. The monoisotopic (exact) mass is 402 g/mol. The number of halogens is 1. The summed E-state index contributed by atoms with van der Waals surface area (Å²) in [6.07, 6.45) is 1.76. The normalized spacial score (nSPS) is 11.3. The van der Waals surface area contributed by atoms with Gasteiger partial charge in [0.25, 0.3) is 5.91 Å². The van der Waals surface area contributed by atoms with Crippen molar-refractivity contribution in [2.45, 2.75) is 40.2 Å². The Balaban J connectivity index is 1.88. The van der Waals surface area contributed by atoms with E-state index < -0.39 is 0 Å². The molecule has 0 spiro atoms. The van der Waals surface area contributed by atoms with E-state index in [2.05, 4.69) is 17.2 Å². The second kappa shape index (κ2) is 8.28. The van der Waals surface area contributed by atoms with Crippen LogP contribution in [-0.2, 0) is 13.0 Å². The van der Waals surface area contributed by atoms with Gasteiger partial charge in [-0.2, -0.15) is 0 Å². The number of Topliss-reactive ketones (excluding diaryl/α,β-unsaturated/α-hetero) is 1. The Labute approximate surface area is 167 Å². The van der Waals surface area contributed by atoms with E-state index in [1.807, 2.05) is 38.1 Å². The van der Waals surface area contributed by atoms with Crippen molar-refractivity contribution in [3.05, 3.63) is 56.4 Å². The van der Waals surface area contributed by atoms with Gasteiger partial charge < -0.3 is 10.3 Å². The number of nitrogens with one attached hydrogen (secondary N) is 2. The molecular formula is C21H23ClN2O2S. The van der Waals surface area contributed by atoms with Crippen LogP contribution in [0.25, 0.3) is 10.9 Å². The molecule has 0 bridgehead atoms. The highest BCUT2D eigenvalue weighted by Crippen LogP contribution is 2.27. The van der Waals surface area contributed by atoms with E-state index in [4.69, 9.17) is 11.6 Å². The molecule has 1 aromatic carbocycles. The number of carbonyl (C=O) groups is 2. The zero-order valence-corrected chi connectivity index (χ0v) is 17.3. The number of aryl methyl sites for hydroxylation is 1. The average Bonchev–Trinajstić information content (AvgIpc) is 3.21. The van der Waals surface area contributed by atoms with Gasteiger partial charge >= 0.3 is 0 Å². The molecule has 27 heavy (non-hydrogen) atoms. The summed E-state index contributed by atoms with van der Waals surface area (Å²) in [6.45, 7) is 6.35. The first kappa shape index (κ1) is 19.6. The lowest BCUT2D eigenvalue weighted by Crippen LogP contribution is -2.22. The van der Waals surface area contributed by atoms with Crippen molar-refractivity contribution in [1.82, 2.24) is 10.3 Å². The van der Waals surface area contributed by atoms with Gasteiger partial charge in [0.1, 0.15) is 0 Å². The first-order valence-corrected chi connectivity index (χ1v) is 10.3. The number of benzene rings is 1. The van der Waals surface area contributed by atoms with Crippen LogP contribution in [0.5, 0.6) is 0 Å². The highest BCUT2D eigenvalue weighted by atomic mass is 35.5. The van der Waals surface area contributed by atoms with Crippen molar-refractivity contribution in [3.8, 4) is 0 Å². The van der Waals surface area contributed by atoms with Crippen molar-refractivity contribution >= 4 is 45.5 Å². The maximum absolute atomic E-state index is 12.7. The van der Waals surface area contributed by atoms with Crippen LogP contribution in [-0.4, -0.2) is 16.7 Å². The largest absolute Gasteiger partial charge is 0.358 e. The molecule has 0 aliphatic heterocycles. The Kier molecular flexibility index (Phi) is 6.02. The smallest absolute Gasteiger partial charge is 0.251 e. The van der Waals surface area contributed by atoms with Crippen LogP contribution in [0, 0.1) is 5.92 Å². The standard InChI is InChI=1S/C21H23ClN2O2S/c1-4-5-16-19(20(25)12(2)3)15-8-6-13(10-17(15)24-16)21(26)23-11-14-7-9-18(22)27-14/h6-10,12,24H,4-5,11H2,1-3H3,(H,23,26). The molecule has 0 fully saturated rings. The van der Waals surface area contributed by atoms with Gasteiger partial charge in [-0.25, -0.2) is 0 Å². The van der Waals surface area contributed by atoms with Crippen molar-refractivity contribution in [2.24, 2.45) is 5.92 Å². The third-order valence-corrected chi connectivity index (χ3v) is 5.69. The van der Waals surface area contributed by atoms with Crippen LogP contribution >= 0.6 is 22.9 Å². The summed E-state index contributed by atoms with van der Waals surface area (Å²) in [5.41, 5.74) is 3.12. The first-order valence-electron chi connectivity index (χ1n) is 9.12. The molecule has 3 rings (SSSR count). The van der Waals surface area contributed by atoms with Gasteiger partial charge in [0, 0.05) is 38.5 Å². The van der Waals surface area contributed by atoms with Crippen LogP contribution in [0.15, 0.2) is 30.3 Å². The molecule has 2 heterocycles. The van der Waals surface area contributed by atoms with E-state index in [9.17, 15) is 9.59 Å². The maximum atomic E-state index is 12.7. The van der Waals surface area contributed by atoms with Gasteiger partial charge in [-0.3, -0.25) is 9.59 Å². The number of amides is 1. The number of carbonyl (C=O) groups excluding carboxylic acids is 2. The van der Waals surface area contributed by atoms with Crippen LogP contribution in [0.3, 0.4) is 0 Å². The molecule has 6 heteroatoms. The molecule has 4 nitrogen and oxygen atoms in total. The van der Waals surface area contributed by atoms with Gasteiger partial charge in [-0.15, -0.1) is 11.3 Å². The molecular weight excluding hydrogens is 380 g/mol. The van der Waals surface area contributed by atoms with E-state index in [-0.39, 0.29) is 17.6 Å². The van der Waals surface area contributed by atoms with E-state index in [1.165, 1.54) is 11.3 Å². The molecule has 0 radical (unpaired) electrons. The van der Waals surface area contributed by atoms with Crippen molar-refractivity contribution in [1.29, 1.82) is 0 Å². The average molecular weight is 403 g/mol. The number of rotatable bonds is 7. The fraction of sp³-hybridized carbons (Fsp3) is 0.333. The molecule has 0 aliphatic rings. The summed E-state index contributed by atoms with van der Waals surface area (Å²) < 4.78 is 0.706. The van der Waals surface area contributed by atoms with E-state index in [0.29, 0.717) is 16.4 Å². The third-order valence-electron chi connectivity index (χ3n) is 4.46. The number of hydrogen-bond donors (Lipinski definition) is 2. The quantitative estimate of drug-likeness (QED) is 0.505. The molecule has 0 aliphatic carbocycles. The number of hydrogen-bond acceptors (Lipinski definition) is 3. The molecule has 2 aromatic heterocycles. The van der Waals surface area contributed by atoms with Gasteiger partial charge in [0.05, 0.1) is 10.9 Å². The molecule has 1 amide bonds. The second-order valence-electron chi connectivity index (χ2n) is 6.90. The van der Waals surface area contributed by atoms with E-state index >= 15 is 0 Å². The van der Waals surface area contributed by atoms with Crippen molar-refractivity contribution in [2.75, 3.05) is 0 Å². The Morgan fingerprint density at radius 3 is 2.63 bits per heavy atom. The Bertz CT molecular complexity index is 987. The summed E-state index contributed by atoms with van der Waals surface area (Å²) in [4.78, 5) is 29.6. The highest BCUT2D eigenvalue weighted by molar-refractivity contribution is 7.16. The minimum absolute atomic E-state index is 0.0693. The van der Waals surface area contributed by atoms with Gasteiger partial charge in [0.15, 0.2) is 5.78 Å². The lowest BCUT2D eigenvalue weighted by molar-refractivity contribution is 0.0936. The third kappa shape index (κ3) is 4.25. The predicted octanol–water partition coefficient (Wildman–Crippen LogP) is 5.60. The number of ketones is 1. The van der Waals surface area contributed by atoms with E-state index in [0.717, 1.165) is 39.9 Å². The SMILES string of the molecule is CCCc1[nH]c2cc(C(=O)NCc3ccc(Cl)s3)ccc2c1C(=O)C(C)C. The Hall–Kier alpha value is -2.11. The zero-order chi connectivity index (χ0) is 19.6.